The quantitative estimate of drug-likeness (QED) is 0.850. The van der Waals surface area contributed by atoms with E-state index in [-0.39, 0.29) is 16.2 Å². The average molecular weight is 264 g/mol. The Morgan fingerprint density at radius 2 is 1.83 bits per heavy atom. The number of rotatable bonds is 3. The van der Waals surface area contributed by atoms with Crippen LogP contribution in [-0.4, -0.2) is 17.3 Å². The molecule has 2 aliphatic heterocycles. The number of fused-ring (bicyclic) bond motifs is 3. The minimum Gasteiger partial charge on any atom is -0.310 e. The normalized spacial score (nSPS) is 34.5. The van der Waals surface area contributed by atoms with Crippen molar-refractivity contribution in [2.75, 3.05) is 6.54 Å². The highest BCUT2D eigenvalue weighted by Crippen LogP contribution is 2.47. The van der Waals surface area contributed by atoms with Crippen molar-refractivity contribution in [3.63, 3.8) is 0 Å². The molecule has 2 nitrogen and oxygen atoms in total. The van der Waals surface area contributed by atoms with Crippen molar-refractivity contribution < 1.29 is 4.79 Å². The lowest BCUT2D eigenvalue weighted by Crippen LogP contribution is -2.62. The van der Waals surface area contributed by atoms with E-state index in [0.29, 0.717) is 0 Å². The Hall–Kier alpha value is -0.860. The van der Waals surface area contributed by atoms with Crippen molar-refractivity contribution in [2.45, 2.75) is 37.6 Å². The van der Waals surface area contributed by atoms with Crippen LogP contribution in [0.2, 0.25) is 0 Å². The van der Waals surface area contributed by atoms with Crippen molar-refractivity contribution in [3.8, 4) is 0 Å². The Balaban J connectivity index is 1.75. The average Bonchev–Trinajstić information content (AvgIpc) is 2.41. The maximum atomic E-state index is 11.6. The maximum absolute atomic E-state index is 11.6. The minimum absolute atomic E-state index is 0.150. The zero-order valence-corrected chi connectivity index (χ0v) is 11.2. The first-order valence-corrected chi connectivity index (χ1v) is 7.01. The van der Waals surface area contributed by atoms with E-state index < -0.39 is 0 Å². The summed E-state index contributed by atoms with van der Waals surface area (Å²) < 4.78 is 0. The number of hydrogen-bond acceptors (Lipinski definition) is 2. The third-order valence-corrected chi connectivity index (χ3v) is 5.17. The number of piperidine rings is 2. The van der Waals surface area contributed by atoms with Gasteiger partial charge in [0.15, 0.2) is 0 Å². The molecular formula is C15H18ClNO. The molecule has 2 saturated heterocycles. The van der Waals surface area contributed by atoms with Gasteiger partial charge < -0.3 is 5.32 Å². The second-order valence-corrected chi connectivity index (χ2v) is 6.19. The van der Waals surface area contributed by atoms with E-state index in [1.165, 1.54) is 5.56 Å². The highest BCUT2D eigenvalue weighted by molar-refractivity contribution is 6.64. The van der Waals surface area contributed by atoms with Gasteiger partial charge in [0, 0.05) is 12.1 Å². The predicted molar refractivity (Wildman–Crippen MR) is 72.6 cm³/mol. The topological polar surface area (TPSA) is 29.1 Å². The molecule has 1 aromatic rings. The molecule has 0 amide bonds. The van der Waals surface area contributed by atoms with E-state index in [0.717, 1.165) is 38.6 Å². The summed E-state index contributed by atoms with van der Waals surface area (Å²) in [5.41, 5.74) is 1.28. The van der Waals surface area contributed by atoms with Crippen LogP contribution in [0.25, 0.3) is 0 Å². The van der Waals surface area contributed by atoms with Crippen LogP contribution in [-0.2, 0) is 11.2 Å². The number of carbonyl (C=O) groups excluding carboxylic acids is 1. The summed E-state index contributed by atoms with van der Waals surface area (Å²) in [6.07, 6.45) is 5.05. The highest BCUT2D eigenvalue weighted by atomic mass is 35.5. The maximum Gasteiger partial charge on any atom is 0.229 e. The number of halogens is 1. The van der Waals surface area contributed by atoms with E-state index >= 15 is 0 Å². The Bertz CT molecular complexity index is 432. The molecule has 1 aromatic carbocycles. The van der Waals surface area contributed by atoms with Crippen molar-refractivity contribution in [1.29, 1.82) is 0 Å². The monoisotopic (exact) mass is 263 g/mol. The van der Waals surface area contributed by atoms with Crippen LogP contribution in [0.15, 0.2) is 30.3 Å². The molecule has 96 valence electrons. The number of nitrogens with one attached hydrogen (secondary N) is 1. The largest absolute Gasteiger partial charge is 0.310 e. The van der Waals surface area contributed by atoms with Gasteiger partial charge in [-0.25, -0.2) is 0 Å². The minimum atomic E-state index is -0.278. The first kappa shape index (κ1) is 12.2. The van der Waals surface area contributed by atoms with Gasteiger partial charge in [-0.15, -0.1) is 0 Å². The molecule has 1 N–H and O–H groups in total. The fourth-order valence-corrected chi connectivity index (χ4v) is 3.67. The summed E-state index contributed by atoms with van der Waals surface area (Å²) in [6.45, 7) is 0.752. The molecule has 18 heavy (non-hydrogen) atoms. The molecule has 0 spiro atoms. The third kappa shape index (κ3) is 1.98. The molecule has 3 heteroatoms. The molecule has 0 atom stereocenters. The van der Waals surface area contributed by atoms with Gasteiger partial charge >= 0.3 is 0 Å². The van der Waals surface area contributed by atoms with Crippen molar-refractivity contribution in [1.82, 2.24) is 5.32 Å². The fourth-order valence-electron chi connectivity index (χ4n) is 3.41. The van der Waals surface area contributed by atoms with E-state index in [4.69, 9.17) is 11.6 Å². The van der Waals surface area contributed by atoms with E-state index in [9.17, 15) is 4.79 Å². The summed E-state index contributed by atoms with van der Waals surface area (Å²) >= 11 is 5.76. The van der Waals surface area contributed by atoms with Gasteiger partial charge in [0.1, 0.15) is 0 Å². The van der Waals surface area contributed by atoms with Crippen molar-refractivity contribution in [2.24, 2.45) is 5.41 Å². The Morgan fingerprint density at radius 3 is 2.33 bits per heavy atom. The molecule has 0 radical (unpaired) electrons. The number of benzene rings is 1. The summed E-state index contributed by atoms with van der Waals surface area (Å²) in [5.74, 6) is 0. The van der Waals surface area contributed by atoms with Gasteiger partial charge in [-0.3, -0.25) is 4.79 Å². The third-order valence-electron chi connectivity index (χ3n) is 4.77. The lowest BCUT2D eigenvalue weighted by atomic mass is 9.62. The summed E-state index contributed by atoms with van der Waals surface area (Å²) in [7, 11) is 0. The summed E-state index contributed by atoms with van der Waals surface area (Å²) in [6, 6.07) is 10.6. The molecule has 4 rings (SSSR count). The first-order valence-electron chi connectivity index (χ1n) is 6.63. The van der Waals surface area contributed by atoms with Crippen molar-refractivity contribution >= 4 is 16.8 Å². The van der Waals surface area contributed by atoms with Crippen LogP contribution in [0.5, 0.6) is 0 Å². The molecule has 0 unspecified atom stereocenters. The zero-order valence-electron chi connectivity index (χ0n) is 10.4. The molecule has 2 heterocycles. The molecule has 3 fully saturated rings. The van der Waals surface area contributed by atoms with Gasteiger partial charge in [0.25, 0.3) is 0 Å². The number of hydrogen-bond donors (Lipinski definition) is 1. The number of carbonyl (C=O) groups is 1. The molecule has 3 aliphatic rings. The molecular weight excluding hydrogens is 246 g/mol. The Morgan fingerprint density at radius 1 is 1.17 bits per heavy atom. The molecule has 1 saturated carbocycles. The van der Waals surface area contributed by atoms with Gasteiger partial charge in [-0.05, 0) is 49.3 Å². The fraction of sp³-hybridized carbons (Fsp3) is 0.533. The van der Waals surface area contributed by atoms with Crippen LogP contribution < -0.4 is 5.32 Å². The summed E-state index contributed by atoms with van der Waals surface area (Å²) in [5, 5.41) is 3.45. The van der Waals surface area contributed by atoms with Crippen molar-refractivity contribution in [3.05, 3.63) is 35.9 Å². The highest BCUT2D eigenvalue weighted by Gasteiger charge is 2.51. The molecule has 0 aromatic heterocycles. The predicted octanol–water partition coefficient (Wildman–Crippen LogP) is 2.90. The molecule has 2 bridgehead atoms. The molecule has 1 aliphatic carbocycles. The standard InChI is InChI=1S/C15H18ClNO/c16-13(18)14-6-8-15(9-7-14,17-11-14)10-12-4-2-1-3-5-12/h1-5,17H,6-11H2. The van der Waals surface area contributed by atoms with E-state index in [1.54, 1.807) is 0 Å². The lowest BCUT2D eigenvalue weighted by molar-refractivity contribution is -0.126. The van der Waals surface area contributed by atoms with E-state index in [2.05, 4.69) is 29.6 Å². The Kier molecular flexibility index (Phi) is 2.95. The van der Waals surface area contributed by atoms with Crippen LogP contribution in [0.1, 0.15) is 31.2 Å². The first-order chi connectivity index (χ1) is 8.64. The van der Waals surface area contributed by atoms with Crippen LogP contribution >= 0.6 is 11.6 Å². The van der Waals surface area contributed by atoms with E-state index in [1.807, 2.05) is 6.07 Å². The zero-order chi connectivity index (χ0) is 12.6. The second kappa shape index (κ2) is 4.36. The second-order valence-electron chi connectivity index (χ2n) is 5.85. The summed E-state index contributed by atoms with van der Waals surface area (Å²) in [4.78, 5) is 11.6. The van der Waals surface area contributed by atoms with Gasteiger partial charge in [0.05, 0.1) is 5.41 Å². The Labute approximate surface area is 113 Å². The van der Waals surface area contributed by atoms with Gasteiger partial charge in [-0.1, -0.05) is 30.3 Å². The van der Waals surface area contributed by atoms with Gasteiger partial charge in [0.2, 0.25) is 5.24 Å². The van der Waals surface area contributed by atoms with Crippen LogP contribution in [0, 0.1) is 5.41 Å². The van der Waals surface area contributed by atoms with Crippen LogP contribution in [0.4, 0.5) is 0 Å². The smallest absolute Gasteiger partial charge is 0.229 e. The SMILES string of the molecule is O=C(Cl)C12CCC(Cc3ccccc3)(CC1)NC2. The van der Waals surface area contributed by atoms with Gasteiger partial charge in [-0.2, -0.15) is 0 Å². The lowest BCUT2D eigenvalue weighted by Gasteiger charge is -2.52. The van der Waals surface area contributed by atoms with Crippen LogP contribution in [0.3, 0.4) is 0 Å².